The quantitative estimate of drug-likeness (QED) is 0.585. The van der Waals surface area contributed by atoms with E-state index >= 15 is 0 Å². The Balaban J connectivity index is 1.32. The molecule has 1 heterocycles. The number of nitrogens with zero attached hydrogens (tertiary/aromatic N) is 2. The number of benzene rings is 3. The highest BCUT2D eigenvalue weighted by Crippen LogP contribution is 2.46. The largest absolute Gasteiger partial charge is 0.448 e. The van der Waals surface area contributed by atoms with Crippen LogP contribution in [-0.4, -0.2) is 25.8 Å². The summed E-state index contributed by atoms with van der Waals surface area (Å²) in [5, 5.41) is 12.5. The summed E-state index contributed by atoms with van der Waals surface area (Å²) >= 11 is 0. The molecule has 1 unspecified atom stereocenters. The number of fused-ring (bicyclic) bond motifs is 4. The van der Waals surface area contributed by atoms with Gasteiger partial charge in [-0.1, -0.05) is 36.4 Å². The second kappa shape index (κ2) is 8.39. The molecule has 1 aliphatic carbocycles. The number of anilines is 2. The molecule has 0 spiro atoms. The van der Waals surface area contributed by atoms with Crippen LogP contribution in [0.15, 0.2) is 60.7 Å². The third kappa shape index (κ3) is 3.48. The Kier molecular flexibility index (Phi) is 5.28. The van der Waals surface area contributed by atoms with Crippen LogP contribution in [0.25, 0.3) is 11.1 Å². The molecule has 0 saturated heterocycles. The van der Waals surface area contributed by atoms with E-state index in [1.807, 2.05) is 48.5 Å². The second-order valence-electron chi connectivity index (χ2n) is 8.27. The fourth-order valence-electron chi connectivity index (χ4n) is 5.02. The molecule has 1 N–H and O–H groups in total. The highest BCUT2D eigenvalue weighted by molar-refractivity contribution is 5.86. The molecule has 5 rings (SSSR count). The van der Waals surface area contributed by atoms with Crippen molar-refractivity contribution in [3.8, 4) is 17.2 Å². The number of carbonyl (C=O) groups excluding carboxylic acids is 1. The molecule has 0 saturated carbocycles. The first kappa shape index (κ1) is 20.1. The summed E-state index contributed by atoms with van der Waals surface area (Å²) in [6.07, 6.45) is 1.68. The number of aryl methyl sites for hydroxylation is 1. The molecular formula is C27H25N3O2. The molecule has 2 aliphatic rings. The zero-order valence-electron chi connectivity index (χ0n) is 18.1. The summed E-state index contributed by atoms with van der Waals surface area (Å²) in [5.74, 6) is -0.0816. The third-order valence-electron chi connectivity index (χ3n) is 6.50. The van der Waals surface area contributed by atoms with Crippen molar-refractivity contribution in [2.45, 2.75) is 25.7 Å². The molecule has 1 amide bonds. The Bertz CT molecular complexity index is 1230. The van der Waals surface area contributed by atoms with Gasteiger partial charge in [-0.25, -0.2) is 4.79 Å². The molecule has 5 heteroatoms. The van der Waals surface area contributed by atoms with Crippen LogP contribution in [0.5, 0.6) is 0 Å². The molecule has 0 aromatic heterocycles. The maximum Gasteiger partial charge on any atom is 0.411 e. The fraction of sp³-hybridized carbons (Fsp3) is 0.259. The molecule has 32 heavy (non-hydrogen) atoms. The number of hydrogen-bond donors (Lipinski definition) is 1. The van der Waals surface area contributed by atoms with Crippen molar-refractivity contribution in [3.05, 3.63) is 82.9 Å². The Morgan fingerprint density at radius 2 is 2.00 bits per heavy atom. The summed E-state index contributed by atoms with van der Waals surface area (Å²) in [5.41, 5.74) is 8.04. The Hall–Kier alpha value is -3.78. The van der Waals surface area contributed by atoms with Gasteiger partial charge in [0.05, 0.1) is 11.6 Å². The van der Waals surface area contributed by atoms with Crippen molar-refractivity contribution in [1.29, 1.82) is 5.26 Å². The number of amides is 1. The Labute approximate surface area is 188 Å². The summed E-state index contributed by atoms with van der Waals surface area (Å²) in [7, 11) is 0. The zero-order chi connectivity index (χ0) is 22.1. The number of hydrogen-bond acceptors (Lipinski definition) is 4. The number of ether oxygens (including phenoxy) is 1. The van der Waals surface area contributed by atoms with Gasteiger partial charge < -0.3 is 9.64 Å². The first-order valence-corrected chi connectivity index (χ1v) is 11.1. The van der Waals surface area contributed by atoms with Crippen LogP contribution in [0.1, 0.15) is 41.5 Å². The van der Waals surface area contributed by atoms with Gasteiger partial charge in [0.2, 0.25) is 0 Å². The lowest BCUT2D eigenvalue weighted by molar-refractivity contribution is 0.158. The van der Waals surface area contributed by atoms with Crippen molar-refractivity contribution >= 4 is 17.5 Å². The molecule has 0 fully saturated rings. The first-order valence-electron chi connectivity index (χ1n) is 11.1. The highest BCUT2D eigenvalue weighted by atomic mass is 16.5. The molecule has 1 aliphatic heterocycles. The van der Waals surface area contributed by atoms with Crippen molar-refractivity contribution in [2.75, 3.05) is 29.9 Å². The summed E-state index contributed by atoms with van der Waals surface area (Å²) in [4.78, 5) is 15.0. The molecule has 1 atom stereocenters. The SMILES string of the molecule is CCN1CCCc2cc(NC(=O)OCC3c4ccccc4-c4c(C#N)cccc43)ccc21. The minimum atomic E-state index is -0.463. The molecule has 0 bridgehead atoms. The first-order chi connectivity index (χ1) is 15.7. The van der Waals surface area contributed by atoms with Gasteiger partial charge in [0.25, 0.3) is 0 Å². The fourth-order valence-corrected chi connectivity index (χ4v) is 5.02. The second-order valence-corrected chi connectivity index (χ2v) is 8.27. The van der Waals surface area contributed by atoms with Gasteiger partial charge in [0.1, 0.15) is 6.61 Å². The third-order valence-corrected chi connectivity index (χ3v) is 6.50. The van der Waals surface area contributed by atoms with Gasteiger partial charge in [-0.3, -0.25) is 5.32 Å². The average Bonchev–Trinajstić information content (AvgIpc) is 3.16. The highest BCUT2D eigenvalue weighted by Gasteiger charge is 2.31. The van der Waals surface area contributed by atoms with E-state index in [1.54, 1.807) is 0 Å². The molecule has 3 aromatic rings. The maximum absolute atomic E-state index is 12.6. The molecule has 3 aromatic carbocycles. The number of rotatable bonds is 4. The van der Waals surface area contributed by atoms with Crippen LogP contribution in [0, 0.1) is 11.3 Å². The summed E-state index contributed by atoms with van der Waals surface area (Å²) < 4.78 is 5.66. The predicted octanol–water partition coefficient (Wildman–Crippen LogP) is 5.69. The van der Waals surface area contributed by atoms with Gasteiger partial charge in [-0.2, -0.15) is 5.26 Å². The van der Waals surface area contributed by atoms with Crippen molar-refractivity contribution < 1.29 is 9.53 Å². The van der Waals surface area contributed by atoms with Crippen molar-refractivity contribution in [1.82, 2.24) is 0 Å². The lowest BCUT2D eigenvalue weighted by Crippen LogP contribution is -2.29. The molecule has 0 radical (unpaired) electrons. The Morgan fingerprint density at radius 3 is 2.84 bits per heavy atom. The number of carbonyl (C=O) groups is 1. The standard InChI is InChI=1S/C27H25N3O2/c1-2-30-14-6-8-18-15-20(12-13-25(18)30)29-27(31)32-17-24-21-9-3-4-10-22(21)26-19(16-28)7-5-11-23(24)26/h3-5,7,9-13,15,24H,2,6,8,14,17H2,1H3,(H,29,31). The zero-order valence-corrected chi connectivity index (χ0v) is 18.1. The van der Waals surface area contributed by atoms with E-state index in [0.717, 1.165) is 53.9 Å². The van der Waals surface area contributed by atoms with Crippen LogP contribution in [0.2, 0.25) is 0 Å². The van der Waals surface area contributed by atoms with Crippen molar-refractivity contribution in [2.24, 2.45) is 0 Å². The van der Waals surface area contributed by atoms with Gasteiger partial charge in [0, 0.05) is 35.9 Å². The lowest BCUT2D eigenvalue weighted by Gasteiger charge is -2.30. The smallest absolute Gasteiger partial charge is 0.411 e. The molecular weight excluding hydrogens is 398 g/mol. The van der Waals surface area contributed by atoms with E-state index in [1.165, 1.54) is 11.3 Å². The lowest BCUT2D eigenvalue weighted by atomic mass is 9.97. The van der Waals surface area contributed by atoms with Gasteiger partial charge in [-0.15, -0.1) is 0 Å². The summed E-state index contributed by atoms with van der Waals surface area (Å²) in [6.45, 7) is 4.45. The maximum atomic E-state index is 12.6. The number of nitriles is 1. The normalized spacial score (nSPS) is 15.9. The molecule has 5 nitrogen and oxygen atoms in total. The van der Waals surface area contributed by atoms with E-state index < -0.39 is 6.09 Å². The van der Waals surface area contributed by atoms with Crippen LogP contribution >= 0.6 is 0 Å². The van der Waals surface area contributed by atoms with Gasteiger partial charge in [0.15, 0.2) is 0 Å². The summed E-state index contributed by atoms with van der Waals surface area (Å²) in [6, 6.07) is 22.1. The Morgan fingerprint density at radius 1 is 1.16 bits per heavy atom. The van der Waals surface area contributed by atoms with Gasteiger partial charge in [-0.05, 0) is 66.3 Å². The van der Waals surface area contributed by atoms with E-state index in [4.69, 9.17) is 4.74 Å². The van der Waals surface area contributed by atoms with E-state index in [9.17, 15) is 10.1 Å². The minimum Gasteiger partial charge on any atom is -0.448 e. The van der Waals surface area contributed by atoms with E-state index in [0.29, 0.717) is 5.56 Å². The van der Waals surface area contributed by atoms with Gasteiger partial charge >= 0.3 is 6.09 Å². The average molecular weight is 424 g/mol. The van der Waals surface area contributed by atoms with Crippen LogP contribution in [0.3, 0.4) is 0 Å². The molecule has 160 valence electrons. The van der Waals surface area contributed by atoms with E-state index in [-0.39, 0.29) is 12.5 Å². The number of nitrogens with one attached hydrogen (secondary N) is 1. The van der Waals surface area contributed by atoms with Crippen molar-refractivity contribution in [3.63, 3.8) is 0 Å². The monoisotopic (exact) mass is 423 g/mol. The minimum absolute atomic E-state index is 0.0816. The van der Waals surface area contributed by atoms with Crippen LogP contribution in [0.4, 0.5) is 16.2 Å². The predicted molar refractivity (Wildman–Crippen MR) is 126 cm³/mol. The van der Waals surface area contributed by atoms with E-state index in [2.05, 4.69) is 35.3 Å². The van der Waals surface area contributed by atoms with Crippen LogP contribution < -0.4 is 10.2 Å². The topological polar surface area (TPSA) is 65.4 Å². The van der Waals surface area contributed by atoms with Crippen LogP contribution in [-0.2, 0) is 11.2 Å².